The molecule has 1 heterocycles. The average Bonchev–Trinajstić information content (AvgIpc) is 2.86. The first-order chi connectivity index (χ1) is 9.67. The summed E-state index contributed by atoms with van der Waals surface area (Å²) in [5.41, 5.74) is 0. The highest BCUT2D eigenvalue weighted by atomic mass is 16.2. The summed E-state index contributed by atoms with van der Waals surface area (Å²) in [4.78, 5) is 13.7. The molecule has 1 saturated heterocycles. The van der Waals surface area contributed by atoms with Gasteiger partial charge in [0.15, 0.2) is 0 Å². The molecule has 118 valence electrons. The first-order valence-corrected chi connectivity index (χ1v) is 8.37. The molecule has 2 N–H and O–H groups in total. The number of nitrogens with one attached hydrogen (secondary N) is 2. The molecule has 4 nitrogen and oxygen atoms in total. The van der Waals surface area contributed by atoms with Gasteiger partial charge < -0.3 is 15.5 Å². The number of rotatable bonds is 10. The zero-order valence-electron chi connectivity index (χ0n) is 13.7. The molecular formula is C16H33N3O. The van der Waals surface area contributed by atoms with Crippen LogP contribution in [0.5, 0.6) is 0 Å². The first kappa shape index (κ1) is 17.3. The molecular weight excluding hydrogens is 250 g/mol. The second kappa shape index (κ2) is 9.22. The number of amides is 2. The fourth-order valence-electron chi connectivity index (χ4n) is 3.43. The van der Waals surface area contributed by atoms with Crippen molar-refractivity contribution >= 4 is 6.03 Å². The number of hydrogen-bond donors (Lipinski definition) is 2. The summed E-state index contributed by atoms with van der Waals surface area (Å²) in [6.45, 7) is 9.34. The molecule has 0 saturated carbocycles. The van der Waals surface area contributed by atoms with E-state index < -0.39 is 0 Å². The van der Waals surface area contributed by atoms with Crippen LogP contribution in [0.1, 0.15) is 52.9 Å². The summed E-state index contributed by atoms with van der Waals surface area (Å²) in [6.07, 6.45) is 6.20. The van der Waals surface area contributed by atoms with E-state index in [0.29, 0.717) is 12.0 Å². The lowest BCUT2D eigenvalue weighted by molar-refractivity contribution is 0.178. The smallest absolute Gasteiger partial charge is 0.317 e. The molecule has 3 unspecified atom stereocenters. The van der Waals surface area contributed by atoms with Gasteiger partial charge in [0.1, 0.15) is 0 Å². The fraction of sp³-hybridized carbons (Fsp3) is 0.938. The van der Waals surface area contributed by atoms with Gasteiger partial charge in [0.2, 0.25) is 0 Å². The Balaban J connectivity index is 2.64. The summed E-state index contributed by atoms with van der Waals surface area (Å²) < 4.78 is 0. The van der Waals surface area contributed by atoms with E-state index in [1.165, 1.54) is 25.7 Å². The lowest BCUT2D eigenvalue weighted by Gasteiger charge is -2.35. The Morgan fingerprint density at radius 3 is 2.40 bits per heavy atom. The molecule has 0 aromatic carbocycles. The predicted molar refractivity (Wildman–Crippen MR) is 84.9 cm³/mol. The van der Waals surface area contributed by atoms with E-state index >= 15 is 0 Å². The number of carbonyl (C=O) groups excluding carboxylic acids is 1. The van der Waals surface area contributed by atoms with Gasteiger partial charge in [0.05, 0.1) is 0 Å². The molecule has 0 spiro atoms. The third-order valence-electron chi connectivity index (χ3n) is 4.73. The van der Waals surface area contributed by atoms with Gasteiger partial charge in [-0.3, -0.25) is 0 Å². The maximum absolute atomic E-state index is 11.7. The van der Waals surface area contributed by atoms with Crippen LogP contribution in [0.15, 0.2) is 0 Å². The Hall–Kier alpha value is -0.770. The molecule has 4 heteroatoms. The van der Waals surface area contributed by atoms with E-state index in [2.05, 4.69) is 38.5 Å². The maximum Gasteiger partial charge on any atom is 0.317 e. The van der Waals surface area contributed by atoms with E-state index in [4.69, 9.17) is 0 Å². The molecule has 0 aromatic heterocycles. The summed E-state index contributed by atoms with van der Waals surface area (Å²) in [6, 6.07) is 0.629. The third-order valence-corrected chi connectivity index (χ3v) is 4.73. The van der Waals surface area contributed by atoms with Crippen LogP contribution in [-0.2, 0) is 0 Å². The van der Waals surface area contributed by atoms with Crippen molar-refractivity contribution in [3.63, 3.8) is 0 Å². The highest BCUT2D eigenvalue weighted by Crippen LogP contribution is 2.25. The Labute approximate surface area is 124 Å². The van der Waals surface area contributed by atoms with E-state index in [1.807, 2.05) is 4.90 Å². The van der Waals surface area contributed by atoms with Gasteiger partial charge in [0, 0.05) is 25.7 Å². The average molecular weight is 283 g/mol. The van der Waals surface area contributed by atoms with E-state index in [0.717, 1.165) is 32.0 Å². The largest absolute Gasteiger partial charge is 0.336 e. The molecule has 1 aliphatic heterocycles. The minimum absolute atomic E-state index is 0.111. The molecule has 0 aromatic rings. The Morgan fingerprint density at radius 2 is 1.95 bits per heavy atom. The Kier molecular flexibility index (Phi) is 7.97. The minimum atomic E-state index is 0.111. The number of hydrogen-bond acceptors (Lipinski definition) is 2. The van der Waals surface area contributed by atoms with Crippen LogP contribution in [-0.4, -0.2) is 43.7 Å². The number of unbranched alkanes of at least 4 members (excludes halogenated alkanes) is 1. The van der Waals surface area contributed by atoms with Crippen molar-refractivity contribution in [1.82, 2.24) is 15.5 Å². The van der Waals surface area contributed by atoms with E-state index in [-0.39, 0.29) is 6.03 Å². The Bertz CT molecular complexity index is 283. The lowest BCUT2D eigenvalue weighted by atomic mass is 9.82. The van der Waals surface area contributed by atoms with Crippen molar-refractivity contribution in [2.45, 2.75) is 58.9 Å². The quantitative estimate of drug-likeness (QED) is 0.647. The van der Waals surface area contributed by atoms with Crippen LogP contribution < -0.4 is 10.6 Å². The normalized spacial score (nSPS) is 19.8. The van der Waals surface area contributed by atoms with Crippen LogP contribution in [0.2, 0.25) is 0 Å². The maximum atomic E-state index is 11.7. The van der Waals surface area contributed by atoms with Gasteiger partial charge in [0.25, 0.3) is 0 Å². The second-order valence-corrected chi connectivity index (χ2v) is 5.97. The predicted octanol–water partition coefficient (Wildman–Crippen LogP) is 2.84. The zero-order chi connectivity index (χ0) is 15.0. The standard InChI is InChI=1S/C16H33N3O/c1-5-8-9-13(6-2)15(17-4)14(7-3)12-19-11-10-18-16(19)20/h13-15,17H,5-12H2,1-4H3,(H,18,20). The third kappa shape index (κ3) is 4.65. The highest BCUT2D eigenvalue weighted by molar-refractivity contribution is 5.76. The van der Waals surface area contributed by atoms with Crippen molar-refractivity contribution in [3.8, 4) is 0 Å². The summed E-state index contributed by atoms with van der Waals surface area (Å²) in [7, 11) is 2.08. The van der Waals surface area contributed by atoms with Gasteiger partial charge in [-0.1, -0.05) is 46.5 Å². The van der Waals surface area contributed by atoms with Gasteiger partial charge in [-0.2, -0.15) is 0 Å². The molecule has 1 aliphatic rings. The minimum Gasteiger partial charge on any atom is -0.336 e. The molecule has 0 radical (unpaired) electrons. The number of carbonyl (C=O) groups is 1. The summed E-state index contributed by atoms with van der Waals surface area (Å²) in [5, 5.41) is 6.44. The van der Waals surface area contributed by atoms with Gasteiger partial charge >= 0.3 is 6.03 Å². The van der Waals surface area contributed by atoms with Crippen LogP contribution in [0.4, 0.5) is 4.79 Å². The molecule has 1 rings (SSSR count). The van der Waals surface area contributed by atoms with Crippen molar-refractivity contribution in [1.29, 1.82) is 0 Å². The molecule has 2 amide bonds. The van der Waals surface area contributed by atoms with E-state index in [1.54, 1.807) is 0 Å². The SMILES string of the molecule is CCCCC(CC)C(NC)C(CC)CN1CCNC1=O. The molecule has 3 atom stereocenters. The Morgan fingerprint density at radius 1 is 1.25 bits per heavy atom. The van der Waals surface area contributed by atoms with Crippen LogP contribution >= 0.6 is 0 Å². The van der Waals surface area contributed by atoms with Gasteiger partial charge in [-0.15, -0.1) is 0 Å². The highest BCUT2D eigenvalue weighted by Gasteiger charge is 2.30. The molecule has 0 bridgehead atoms. The van der Waals surface area contributed by atoms with Crippen molar-refractivity contribution in [3.05, 3.63) is 0 Å². The first-order valence-electron chi connectivity index (χ1n) is 8.37. The molecule has 20 heavy (non-hydrogen) atoms. The zero-order valence-corrected chi connectivity index (χ0v) is 13.7. The summed E-state index contributed by atoms with van der Waals surface area (Å²) in [5.74, 6) is 1.27. The van der Waals surface area contributed by atoms with Crippen LogP contribution in [0.3, 0.4) is 0 Å². The monoisotopic (exact) mass is 283 g/mol. The molecule has 1 fully saturated rings. The van der Waals surface area contributed by atoms with Gasteiger partial charge in [-0.25, -0.2) is 4.79 Å². The van der Waals surface area contributed by atoms with Crippen molar-refractivity contribution in [2.75, 3.05) is 26.7 Å². The van der Waals surface area contributed by atoms with Crippen molar-refractivity contribution < 1.29 is 4.79 Å². The number of nitrogens with zero attached hydrogens (tertiary/aromatic N) is 1. The second-order valence-electron chi connectivity index (χ2n) is 5.97. The lowest BCUT2D eigenvalue weighted by Crippen LogP contribution is -2.45. The van der Waals surface area contributed by atoms with Crippen LogP contribution in [0.25, 0.3) is 0 Å². The fourth-order valence-corrected chi connectivity index (χ4v) is 3.43. The topological polar surface area (TPSA) is 44.4 Å². The van der Waals surface area contributed by atoms with Gasteiger partial charge in [-0.05, 0) is 25.3 Å². The van der Waals surface area contributed by atoms with E-state index in [9.17, 15) is 4.79 Å². The number of urea groups is 1. The molecule has 0 aliphatic carbocycles. The summed E-state index contributed by atoms with van der Waals surface area (Å²) >= 11 is 0. The van der Waals surface area contributed by atoms with Crippen molar-refractivity contribution in [2.24, 2.45) is 11.8 Å². The van der Waals surface area contributed by atoms with Crippen LogP contribution in [0, 0.1) is 11.8 Å².